The van der Waals surface area contributed by atoms with Crippen molar-refractivity contribution in [3.63, 3.8) is 0 Å². The molecule has 2 aromatic carbocycles. The topological polar surface area (TPSA) is 54.2 Å². The number of nitrogens with one attached hydrogen (secondary N) is 2. The molecular weight excluding hydrogens is 461 g/mol. The first kappa shape index (κ1) is 20.4. The lowest BCUT2D eigenvalue weighted by molar-refractivity contribution is 0.645. The van der Waals surface area contributed by atoms with E-state index in [0.29, 0.717) is 0 Å². The third-order valence-corrected chi connectivity index (χ3v) is 5.22. The summed E-state index contributed by atoms with van der Waals surface area (Å²) in [5, 5.41) is 11.2. The maximum Gasteiger partial charge on any atom is 0.191 e. The van der Waals surface area contributed by atoms with Crippen LogP contribution in [0.15, 0.2) is 78.0 Å². The molecule has 1 heterocycles. The highest BCUT2D eigenvalue weighted by Gasteiger charge is 2.43. The largest absolute Gasteiger partial charge is 0.356 e. The number of aliphatic imine (C=N–C) groups is 1. The Morgan fingerprint density at radius 3 is 2.39 bits per heavy atom. The van der Waals surface area contributed by atoms with Crippen LogP contribution in [0.4, 0.5) is 0 Å². The van der Waals surface area contributed by atoms with Gasteiger partial charge in [-0.2, -0.15) is 5.10 Å². The van der Waals surface area contributed by atoms with E-state index in [2.05, 4.69) is 75.3 Å². The van der Waals surface area contributed by atoms with Crippen LogP contribution in [-0.2, 0) is 12.0 Å². The number of hydrogen-bond donors (Lipinski definition) is 2. The molecule has 146 valence electrons. The third kappa shape index (κ3) is 4.73. The van der Waals surface area contributed by atoms with E-state index in [1.54, 1.807) is 6.20 Å². The first-order valence-corrected chi connectivity index (χ1v) is 9.38. The van der Waals surface area contributed by atoms with Gasteiger partial charge in [0.05, 0.1) is 5.69 Å². The number of aromatic nitrogens is 2. The van der Waals surface area contributed by atoms with Gasteiger partial charge < -0.3 is 10.6 Å². The standard InChI is InChI=1S/C22H25N5.HI/c1-23-21(25-17-22(12-13-22)19-6-3-2-4-7-19)24-16-18-8-10-20(11-9-18)27-15-5-14-26-27;/h2-11,14-15H,12-13,16-17H2,1H3,(H2,23,24,25);1H. The molecule has 0 bridgehead atoms. The second kappa shape index (κ2) is 9.23. The predicted octanol–water partition coefficient (Wildman–Crippen LogP) is 3.89. The maximum atomic E-state index is 4.37. The average molecular weight is 487 g/mol. The quantitative estimate of drug-likeness (QED) is 0.315. The van der Waals surface area contributed by atoms with Gasteiger partial charge in [-0.1, -0.05) is 42.5 Å². The van der Waals surface area contributed by atoms with E-state index in [9.17, 15) is 0 Å². The minimum absolute atomic E-state index is 0. The van der Waals surface area contributed by atoms with Gasteiger partial charge in [-0.15, -0.1) is 24.0 Å². The van der Waals surface area contributed by atoms with Gasteiger partial charge in [0.1, 0.15) is 0 Å². The fourth-order valence-electron chi connectivity index (χ4n) is 3.36. The van der Waals surface area contributed by atoms with Crippen LogP contribution in [0, 0.1) is 0 Å². The Morgan fingerprint density at radius 1 is 1.04 bits per heavy atom. The summed E-state index contributed by atoms with van der Waals surface area (Å²) in [6, 6.07) is 21.1. The molecule has 6 heteroatoms. The zero-order chi connectivity index (χ0) is 18.5. The highest BCUT2D eigenvalue weighted by atomic mass is 127. The Labute approximate surface area is 183 Å². The Morgan fingerprint density at radius 2 is 1.79 bits per heavy atom. The van der Waals surface area contributed by atoms with Crippen molar-refractivity contribution in [3.05, 3.63) is 84.2 Å². The Balaban J connectivity index is 0.00000225. The molecule has 1 aliphatic carbocycles. The molecule has 1 aliphatic rings. The summed E-state index contributed by atoms with van der Waals surface area (Å²) in [5.41, 5.74) is 3.95. The molecule has 0 saturated heterocycles. The van der Waals surface area contributed by atoms with E-state index in [1.807, 2.05) is 24.0 Å². The molecule has 1 saturated carbocycles. The van der Waals surface area contributed by atoms with E-state index >= 15 is 0 Å². The van der Waals surface area contributed by atoms with Crippen LogP contribution in [-0.4, -0.2) is 29.3 Å². The molecule has 4 rings (SSSR count). The van der Waals surface area contributed by atoms with E-state index in [0.717, 1.165) is 24.7 Å². The molecule has 0 atom stereocenters. The van der Waals surface area contributed by atoms with Crippen molar-refractivity contribution in [2.75, 3.05) is 13.6 Å². The van der Waals surface area contributed by atoms with Crippen molar-refractivity contribution in [1.29, 1.82) is 0 Å². The summed E-state index contributed by atoms with van der Waals surface area (Å²) in [5.74, 6) is 0.841. The average Bonchev–Trinajstić information content (AvgIpc) is 3.32. The van der Waals surface area contributed by atoms with Crippen molar-refractivity contribution in [2.45, 2.75) is 24.8 Å². The van der Waals surface area contributed by atoms with Gasteiger partial charge in [-0.05, 0) is 42.2 Å². The molecule has 5 nitrogen and oxygen atoms in total. The Kier molecular flexibility index (Phi) is 6.72. The normalized spacial score (nSPS) is 14.8. The summed E-state index contributed by atoms with van der Waals surface area (Å²) >= 11 is 0. The molecule has 1 fully saturated rings. The number of nitrogens with zero attached hydrogens (tertiary/aromatic N) is 3. The summed E-state index contributed by atoms with van der Waals surface area (Å²) in [7, 11) is 1.82. The number of rotatable bonds is 6. The lowest BCUT2D eigenvalue weighted by atomic mass is 9.96. The molecule has 3 aromatic rings. The molecule has 0 radical (unpaired) electrons. The van der Waals surface area contributed by atoms with Gasteiger partial charge in [0.2, 0.25) is 0 Å². The third-order valence-electron chi connectivity index (χ3n) is 5.22. The highest BCUT2D eigenvalue weighted by Crippen LogP contribution is 2.47. The van der Waals surface area contributed by atoms with Crippen molar-refractivity contribution in [3.8, 4) is 5.69 Å². The first-order chi connectivity index (χ1) is 13.3. The van der Waals surface area contributed by atoms with Crippen LogP contribution in [0.2, 0.25) is 0 Å². The van der Waals surface area contributed by atoms with Crippen LogP contribution >= 0.6 is 24.0 Å². The Hall–Kier alpha value is -2.35. The SMILES string of the molecule is CN=C(NCc1ccc(-n2cccn2)cc1)NCC1(c2ccccc2)CC1.I. The van der Waals surface area contributed by atoms with Gasteiger partial charge in [0.25, 0.3) is 0 Å². The van der Waals surface area contributed by atoms with Gasteiger partial charge in [0.15, 0.2) is 5.96 Å². The summed E-state index contributed by atoms with van der Waals surface area (Å²) < 4.78 is 1.86. The van der Waals surface area contributed by atoms with E-state index in [1.165, 1.54) is 24.0 Å². The van der Waals surface area contributed by atoms with Gasteiger partial charge in [-0.3, -0.25) is 4.99 Å². The summed E-state index contributed by atoms with van der Waals surface area (Å²) in [6.45, 7) is 1.65. The van der Waals surface area contributed by atoms with Crippen molar-refractivity contribution in [1.82, 2.24) is 20.4 Å². The van der Waals surface area contributed by atoms with Gasteiger partial charge >= 0.3 is 0 Å². The van der Waals surface area contributed by atoms with Crippen LogP contribution in [0.1, 0.15) is 24.0 Å². The number of benzene rings is 2. The zero-order valence-electron chi connectivity index (χ0n) is 16.0. The molecule has 1 aromatic heterocycles. The lowest BCUT2D eigenvalue weighted by Crippen LogP contribution is -2.40. The minimum atomic E-state index is 0. The molecule has 0 aliphatic heterocycles. The second-order valence-electron chi connectivity index (χ2n) is 7.04. The number of guanidine groups is 1. The number of halogens is 1. The second-order valence-corrected chi connectivity index (χ2v) is 7.04. The van der Waals surface area contributed by atoms with Gasteiger partial charge in [-0.25, -0.2) is 4.68 Å². The fraction of sp³-hybridized carbons (Fsp3) is 0.273. The van der Waals surface area contributed by atoms with E-state index in [4.69, 9.17) is 0 Å². The maximum absolute atomic E-state index is 4.37. The Bertz CT molecular complexity index is 884. The van der Waals surface area contributed by atoms with Gasteiger partial charge in [0, 0.05) is 37.9 Å². The molecule has 0 unspecified atom stereocenters. The van der Waals surface area contributed by atoms with E-state index in [-0.39, 0.29) is 29.4 Å². The lowest BCUT2D eigenvalue weighted by Gasteiger charge is -2.19. The smallest absolute Gasteiger partial charge is 0.191 e. The molecule has 0 amide bonds. The monoisotopic (exact) mass is 487 g/mol. The van der Waals surface area contributed by atoms with Crippen LogP contribution in [0.3, 0.4) is 0 Å². The van der Waals surface area contributed by atoms with Crippen LogP contribution in [0.5, 0.6) is 0 Å². The highest BCUT2D eigenvalue weighted by molar-refractivity contribution is 14.0. The van der Waals surface area contributed by atoms with Crippen molar-refractivity contribution in [2.24, 2.45) is 4.99 Å². The summed E-state index contributed by atoms with van der Waals surface area (Å²) in [6.07, 6.45) is 6.19. The van der Waals surface area contributed by atoms with Crippen molar-refractivity contribution >= 4 is 29.9 Å². The van der Waals surface area contributed by atoms with Crippen molar-refractivity contribution < 1.29 is 0 Å². The molecule has 2 N–H and O–H groups in total. The fourth-order valence-corrected chi connectivity index (χ4v) is 3.36. The molecular formula is C22H26IN5. The number of hydrogen-bond acceptors (Lipinski definition) is 2. The summed E-state index contributed by atoms with van der Waals surface area (Å²) in [4.78, 5) is 4.37. The zero-order valence-corrected chi connectivity index (χ0v) is 18.3. The van der Waals surface area contributed by atoms with E-state index < -0.39 is 0 Å². The molecule has 0 spiro atoms. The predicted molar refractivity (Wildman–Crippen MR) is 125 cm³/mol. The first-order valence-electron chi connectivity index (χ1n) is 9.38. The molecule has 28 heavy (non-hydrogen) atoms. The minimum Gasteiger partial charge on any atom is -0.356 e. The van der Waals surface area contributed by atoms with Crippen LogP contribution in [0.25, 0.3) is 5.69 Å². The van der Waals surface area contributed by atoms with Crippen LogP contribution < -0.4 is 10.6 Å².